The van der Waals surface area contributed by atoms with Crippen LogP contribution in [0.4, 0.5) is 0 Å². The number of fused-ring (bicyclic) bond motifs is 1. The lowest BCUT2D eigenvalue weighted by molar-refractivity contribution is 0.474. The summed E-state index contributed by atoms with van der Waals surface area (Å²) in [5, 5.41) is 10.1. The summed E-state index contributed by atoms with van der Waals surface area (Å²) in [6.07, 6.45) is 1.44. The maximum Gasteiger partial charge on any atom is 0.250 e. The molecule has 0 fully saturated rings. The zero-order valence-electron chi connectivity index (χ0n) is 15.8. The van der Waals surface area contributed by atoms with E-state index in [2.05, 4.69) is 33.9 Å². The monoisotopic (exact) mass is 368 g/mol. The van der Waals surface area contributed by atoms with Gasteiger partial charge in [-0.05, 0) is 48.0 Å². The van der Waals surface area contributed by atoms with E-state index in [1.54, 1.807) is 6.07 Å². The molecule has 1 N–H and O–H groups in total. The number of hydrogen-bond donors (Lipinski definition) is 1. The van der Waals surface area contributed by atoms with Crippen molar-refractivity contribution in [2.24, 2.45) is 0 Å². The average molecular weight is 369 g/mol. The van der Waals surface area contributed by atoms with Gasteiger partial charge in [-0.15, -0.1) is 0 Å². The van der Waals surface area contributed by atoms with Crippen molar-refractivity contribution in [2.45, 2.75) is 38.9 Å². The highest BCUT2D eigenvalue weighted by atomic mass is 28.4. The van der Waals surface area contributed by atoms with Crippen molar-refractivity contribution < 1.29 is 13.9 Å². The second-order valence-electron chi connectivity index (χ2n) is 8.05. The van der Waals surface area contributed by atoms with Gasteiger partial charge in [0.2, 0.25) is 8.32 Å². The topological polar surface area (TPSA) is 59.7 Å². The van der Waals surface area contributed by atoms with Crippen LogP contribution in [0.3, 0.4) is 0 Å². The minimum absolute atomic E-state index is 0.0699. The first kappa shape index (κ1) is 18.3. The molecule has 0 aliphatic rings. The van der Waals surface area contributed by atoms with Crippen LogP contribution in [0.15, 0.2) is 57.9 Å². The van der Waals surface area contributed by atoms with Crippen LogP contribution in [0.2, 0.25) is 18.1 Å². The Bertz CT molecular complexity index is 995. The van der Waals surface area contributed by atoms with Crippen LogP contribution in [0.25, 0.3) is 22.1 Å². The summed E-state index contributed by atoms with van der Waals surface area (Å²) < 4.78 is 11.8. The van der Waals surface area contributed by atoms with Crippen LogP contribution in [-0.4, -0.2) is 13.4 Å². The van der Waals surface area contributed by atoms with Crippen LogP contribution in [0.5, 0.6) is 11.5 Å². The largest absolute Gasteiger partial charge is 0.544 e. The number of phenols is 1. The zero-order valence-corrected chi connectivity index (χ0v) is 16.8. The van der Waals surface area contributed by atoms with Crippen molar-refractivity contribution in [3.8, 4) is 22.6 Å². The number of hydrogen-bond acceptors (Lipinski definition) is 4. The molecular weight excluding hydrogens is 344 g/mol. The first-order chi connectivity index (χ1) is 12.1. The quantitative estimate of drug-likeness (QED) is 0.616. The van der Waals surface area contributed by atoms with E-state index in [-0.39, 0.29) is 16.2 Å². The van der Waals surface area contributed by atoms with Gasteiger partial charge in [0.25, 0.3) is 0 Å². The van der Waals surface area contributed by atoms with Crippen LogP contribution in [0, 0.1) is 0 Å². The lowest BCUT2D eigenvalue weighted by Crippen LogP contribution is -2.43. The van der Waals surface area contributed by atoms with Crippen molar-refractivity contribution in [1.82, 2.24) is 0 Å². The highest BCUT2D eigenvalue weighted by Gasteiger charge is 2.38. The molecule has 3 rings (SSSR count). The smallest absolute Gasteiger partial charge is 0.250 e. The molecule has 1 heterocycles. The number of benzene rings is 2. The van der Waals surface area contributed by atoms with E-state index in [1.165, 1.54) is 18.4 Å². The number of aromatic hydroxyl groups is 1. The molecule has 0 radical (unpaired) electrons. The van der Waals surface area contributed by atoms with Gasteiger partial charge in [-0.25, -0.2) is 0 Å². The molecule has 0 bridgehead atoms. The Kier molecular flexibility index (Phi) is 4.44. The third-order valence-corrected chi connectivity index (χ3v) is 9.46. The summed E-state index contributed by atoms with van der Waals surface area (Å²) in [6.45, 7) is 11.0. The van der Waals surface area contributed by atoms with Crippen LogP contribution in [0.1, 0.15) is 20.8 Å². The summed E-state index contributed by atoms with van der Waals surface area (Å²) >= 11 is 0. The number of rotatable bonds is 3. The minimum atomic E-state index is -1.90. The standard InChI is InChI=1S/C21H24O4Si/c1-21(2,3)26(4,5)25-16-9-6-14(7-10-16)18-13-24-19-12-15(22)8-11-17(19)20(18)23/h6-13,22H,1-5H3. The normalized spacial score (nSPS) is 12.3. The molecule has 5 heteroatoms. The van der Waals surface area contributed by atoms with Crippen molar-refractivity contribution in [3.05, 3.63) is 59.0 Å². The molecule has 0 atom stereocenters. The Morgan fingerprint density at radius 3 is 2.31 bits per heavy atom. The molecule has 4 nitrogen and oxygen atoms in total. The van der Waals surface area contributed by atoms with Gasteiger partial charge < -0.3 is 13.9 Å². The predicted molar refractivity (Wildman–Crippen MR) is 107 cm³/mol. The molecule has 0 saturated carbocycles. The molecule has 3 aromatic rings. The van der Waals surface area contributed by atoms with Crippen LogP contribution in [-0.2, 0) is 0 Å². The molecular formula is C21H24O4Si. The second-order valence-corrected chi connectivity index (χ2v) is 12.8. The van der Waals surface area contributed by atoms with Gasteiger partial charge in [0.15, 0.2) is 5.43 Å². The van der Waals surface area contributed by atoms with Gasteiger partial charge >= 0.3 is 0 Å². The van der Waals surface area contributed by atoms with Gasteiger partial charge in [-0.3, -0.25) is 4.79 Å². The highest BCUT2D eigenvalue weighted by Crippen LogP contribution is 2.37. The Hall–Kier alpha value is -2.53. The second kappa shape index (κ2) is 6.32. The predicted octanol–water partition coefficient (Wildman–Crippen LogP) is 5.55. The van der Waals surface area contributed by atoms with Gasteiger partial charge in [-0.2, -0.15) is 0 Å². The zero-order chi connectivity index (χ0) is 19.1. The first-order valence-corrected chi connectivity index (χ1v) is 11.5. The Balaban J connectivity index is 1.94. The third-order valence-electron chi connectivity index (χ3n) is 5.10. The maximum absolute atomic E-state index is 12.7. The molecule has 0 amide bonds. The molecule has 0 aliphatic carbocycles. The molecule has 1 aromatic heterocycles. The third kappa shape index (κ3) is 3.39. The molecule has 0 aliphatic heterocycles. The molecule has 136 valence electrons. The summed E-state index contributed by atoms with van der Waals surface area (Å²) in [4.78, 5) is 12.7. The first-order valence-electron chi connectivity index (χ1n) is 8.62. The molecule has 0 unspecified atom stereocenters. The molecule has 26 heavy (non-hydrogen) atoms. The van der Waals surface area contributed by atoms with Crippen molar-refractivity contribution in [1.29, 1.82) is 0 Å². The van der Waals surface area contributed by atoms with Gasteiger partial charge in [0.1, 0.15) is 23.3 Å². The van der Waals surface area contributed by atoms with E-state index < -0.39 is 8.32 Å². The van der Waals surface area contributed by atoms with Gasteiger partial charge in [0.05, 0.1) is 10.9 Å². The maximum atomic E-state index is 12.7. The van der Waals surface area contributed by atoms with E-state index in [0.29, 0.717) is 16.5 Å². The minimum Gasteiger partial charge on any atom is -0.544 e. The van der Waals surface area contributed by atoms with Crippen molar-refractivity contribution in [3.63, 3.8) is 0 Å². The van der Waals surface area contributed by atoms with E-state index in [0.717, 1.165) is 11.3 Å². The Labute approximate surface area is 154 Å². The van der Waals surface area contributed by atoms with E-state index in [9.17, 15) is 9.90 Å². The molecule has 0 spiro atoms. The van der Waals surface area contributed by atoms with Gasteiger partial charge in [-0.1, -0.05) is 32.9 Å². The fraction of sp³-hybridized carbons (Fsp3) is 0.286. The average Bonchev–Trinajstić information content (AvgIpc) is 2.55. The lowest BCUT2D eigenvalue weighted by Gasteiger charge is -2.36. The Morgan fingerprint density at radius 2 is 1.69 bits per heavy atom. The fourth-order valence-corrected chi connectivity index (χ4v) is 3.50. The SMILES string of the molecule is CC(C)(C)[Si](C)(C)Oc1ccc(-c2coc3cc(O)ccc3c2=O)cc1. The summed E-state index contributed by atoms with van der Waals surface area (Å²) in [5.41, 5.74) is 1.51. The van der Waals surface area contributed by atoms with E-state index >= 15 is 0 Å². The highest BCUT2D eigenvalue weighted by molar-refractivity contribution is 6.74. The van der Waals surface area contributed by atoms with Gasteiger partial charge in [0, 0.05) is 6.07 Å². The van der Waals surface area contributed by atoms with E-state index in [1.807, 2.05) is 24.3 Å². The van der Waals surface area contributed by atoms with Crippen LogP contribution < -0.4 is 9.85 Å². The molecule has 0 saturated heterocycles. The van der Waals surface area contributed by atoms with Crippen molar-refractivity contribution >= 4 is 19.3 Å². The lowest BCUT2D eigenvalue weighted by atomic mass is 10.1. The number of phenolic OH excluding ortho intramolecular Hbond substituents is 1. The summed E-state index contributed by atoms with van der Waals surface area (Å²) in [6, 6.07) is 12.1. The summed E-state index contributed by atoms with van der Waals surface area (Å²) in [5.74, 6) is 0.885. The van der Waals surface area contributed by atoms with Crippen molar-refractivity contribution in [2.75, 3.05) is 0 Å². The molecule has 2 aromatic carbocycles. The van der Waals surface area contributed by atoms with Crippen LogP contribution >= 0.6 is 0 Å². The Morgan fingerprint density at radius 1 is 1.04 bits per heavy atom. The summed E-state index contributed by atoms with van der Waals surface area (Å²) in [7, 11) is -1.90. The fourth-order valence-electron chi connectivity index (χ4n) is 2.47. The van der Waals surface area contributed by atoms with E-state index in [4.69, 9.17) is 8.84 Å².